The Labute approximate surface area is 121 Å². The fourth-order valence-corrected chi connectivity index (χ4v) is 1.69. The van der Waals surface area contributed by atoms with Gasteiger partial charge in [-0.2, -0.15) is 0 Å². The summed E-state index contributed by atoms with van der Waals surface area (Å²) in [6, 6.07) is 4.03. The Balaban J connectivity index is 3.00. The van der Waals surface area contributed by atoms with Crippen molar-refractivity contribution >= 4 is 40.4 Å². The van der Waals surface area contributed by atoms with E-state index in [4.69, 9.17) is 10.2 Å². The third-order valence-electron chi connectivity index (χ3n) is 2.13. The molecule has 0 aliphatic heterocycles. The fraction of sp³-hybridized carbons (Fsp3) is 0.182. The number of phenols is 1. The molecular formula is C11H10INO6. The van der Waals surface area contributed by atoms with Crippen LogP contribution in [0.4, 0.5) is 0 Å². The van der Waals surface area contributed by atoms with Gasteiger partial charge in [0.1, 0.15) is 18.8 Å². The summed E-state index contributed by atoms with van der Waals surface area (Å²) in [5.41, 5.74) is 0.0282. The summed E-state index contributed by atoms with van der Waals surface area (Å²) < 4.78 is 0.525. The summed E-state index contributed by atoms with van der Waals surface area (Å²) >= 11 is 1.86. The smallest absolute Gasteiger partial charge is 0.323 e. The molecular weight excluding hydrogens is 369 g/mol. The van der Waals surface area contributed by atoms with Crippen molar-refractivity contribution in [2.45, 2.75) is 0 Å². The summed E-state index contributed by atoms with van der Waals surface area (Å²) in [7, 11) is 0. The van der Waals surface area contributed by atoms with E-state index in [-0.39, 0.29) is 11.3 Å². The Kier molecular flexibility index (Phi) is 5.10. The molecule has 1 amide bonds. The molecule has 0 heterocycles. The van der Waals surface area contributed by atoms with Crippen molar-refractivity contribution in [2.75, 3.05) is 13.1 Å². The zero-order valence-electron chi connectivity index (χ0n) is 9.54. The maximum absolute atomic E-state index is 12.0. The lowest BCUT2D eigenvalue weighted by molar-refractivity contribution is -0.140. The van der Waals surface area contributed by atoms with Crippen LogP contribution in [0, 0.1) is 3.57 Å². The maximum Gasteiger partial charge on any atom is 0.323 e. The number of halogens is 1. The van der Waals surface area contributed by atoms with Gasteiger partial charge in [0, 0.05) is 5.56 Å². The molecule has 0 spiro atoms. The van der Waals surface area contributed by atoms with Gasteiger partial charge in [0.2, 0.25) is 0 Å². The van der Waals surface area contributed by atoms with Crippen LogP contribution in [0.2, 0.25) is 0 Å². The molecule has 1 aromatic rings. The predicted octanol–water partition coefficient (Wildman–Crippen LogP) is 0.608. The first-order valence-electron chi connectivity index (χ1n) is 5.02. The normalized spacial score (nSPS) is 9.95. The molecule has 19 heavy (non-hydrogen) atoms. The second-order valence-corrected chi connectivity index (χ2v) is 4.78. The number of carboxylic acids is 2. The number of benzene rings is 1. The molecule has 3 N–H and O–H groups in total. The lowest BCUT2D eigenvalue weighted by atomic mass is 10.2. The van der Waals surface area contributed by atoms with Crippen molar-refractivity contribution in [2.24, 2.45) is 0 Å². The van der Waals surface area contributed by atoms with Crippen molar-refractivity contribution in [3.8, 4) is 5.75 Å². The van der Waals surface area contributed by atoms with E-state index in [0.717, 1.165) is 0 Å². The highest BCUT2D eigenvalue weighted by molar-refractivity contribution is 14.1. The number of carbonyl (C=O) groups is 3. The van der Waals surface area contributed by atoms with Crippen LogP contribution in [-0.2, 0) is 9.59 Å². The highest BCUT2D eigenvalue weighted by Crippen LogP contribution is 2.21. The fourth-order valence-electron chi connectivity index (χ4n) is 1.35. The molecule has 0 saturated carbocycles. The van der Waals surface area contributed by atoms with Crippen LogP contribution in [0.15, 0.2) is 18.2 Å². The molecule has 8 heteroatoms. The van der Waals surface area contributed by atoms with Gasteiger partial charge < -0.3 is 20.2 Å². The standard InChI is InChI=1S/C11H10INO6/c12-7-2-1-6(3-8(7)14)11(19)13(4-9(15)16)5-10(17)18/h1-3,14H,4-5H2,(H,15,16)(H,17,18). The minimum Gasteiger partial charge on any atom is -0.507 e. The number of hydrogen-bond donors (Lipinski definition) is 3. The van der Waals surface area contributed by atoms with Crippen LogP contribution in [0.3, 0.4) is 0 Å². The van der Waals surface area contributed by atoms with E-state index < -0.39 is 30.9 Å². The summed E-state index contributed by atoms with van der Waals surface area (Å²) in [6.45, 7) is -1.45. The van der Waals surface area contributed by atoms with Crippen molar-refractivity contribution in [1.82, 2.24) is 4.90 Å². The number of phenolic OH excluding ortho intramolecular Hbond substituents is 1. The van der Waals surface area contributed by atoms with E-state index >= 15 is 0 Å². The van der Waals surface area contributed by atoms with E-state index in [2.05, 4.69) is 0 Å². The van der Waals surface area contributed by atoms with Crippen molar-refractivity contribution in [3.63, 3.8) is 0 Å². The Morgan fingerprint density at radius 3 is 2.05 bits per heavy atom. The molecule has 0 radical (unpaired) electrons. The van der Waals surface area contributed by atoms with E-state index in [9.17, 15) is 19.5 Å². The minimum absolute atomic E-state index is 0.0282. The molecule has 0 atom stereocenters. The second kappa shape index (κ2) is 6.36. The molecule has 102 valence electrons. The third-order valence-corrected chi connectivity index (χ3v) is 3.04. The first kappa shape index (κ1) is 15.2. The summed E-state index contributed by atoms with van der Waals surface area (Å²) in [4.78, 5) is 33.9. The monoisotopic (exact) mass is 379 g/mol. The Morgan fingerprint density at radius 2 is 1.63 bits per heavy atom. The van der Waals surface area contributed by atoms with Gasteiger partial charge in [-0.15, -0.1) is 0 Å². The molecule has 0 unspecified atom stereocenters. The average Bonchev–Trinajstić information content (AvgIpc) is 2.29. The molecule has 0 fully saturated rings. The highest BCUT2D eigenvalue weighted by atomic mass is 127. The average molecular weight is 379 g/mol. The van der Waals surface area contributed by atoms with Gasteiger partial charge in [0.05, 0.1) is 3.57 Å². The summed E-state index contributed by atoms with van der Waals surface area (Å²) in [5, 5.41) is 26.8. The Morgan fingerprint density at radius 1 is 1.11 bits per heavy atom. The number of rotatable bonds is 5. The molecule has 0 aliphatic rings. The topological polar surface area (TPSA) is 115 Å². The van der Waals surface area contributed by atoms with Crippen LogP contribution in [0.25, 0.3) is 0 Å². The quantitative estimate of drug-likeness (QED) is 0.646. The van der Waals surface area contributed by atoms with Gasteiger partial charge in [-0.05, 0) is 40.8 Å². The lowest BCUT2D eigenvalue weighted by Crippen LogP contribution is -2.39. The molecule has 0 bridgehead atoms. The molecule has 1 aromatic carbocycles. The number of carbonyl (C=O) groups excluding carboxylic acids is 1. The van der Waals surface area contributed by atoms with Crippen LogP contribution in [-0.4, -0.2) is 51.2 Å². The van der Waals surface area contributed by atoms with E-state index in [0.29, 0.717) is 8.47 Å². The van der Waals surface area contributed by atoms with Crippen LogP contribution in [0.5, 0.6) is 5.75 Å². The first-order valence-corrected chi connectivity index (χ1v) is 6.10. The zero-order valence-corrected chi connectivity index (χ0v) is 11.7. The van der Waals surface area contributed by atoms with Crippen molar-refractivity contribution < 1.29 is 29.7 Å². The number of hydrogen-bond acceptors (Lipinski definition) is 4. The molecule has 0 aliphatic carbocycles. The van der Waals surface area contributed by atoms with Gasteiger partial charge >= 0.3 is 11.9 Å². The lowest BCUT2D eigenvalue weighted by Gasteiger charge is -2.18. The number of carboxylic acid groups (broad SMARTS) is 2. The van der Waals surface area contributed by atoms with E-state index in [1.165, 1.54) is 18.2 Å². The third kappa shape index (κ3) is 4.39. The summed E-state index contributed by atoms with van der Waals surface area (Å²) in [6.07, 6.45) is 0. The maximum atomic E-state index is 12.0. The number of nitrogens with zero attached hydrogens (tertiary/aromatic N) is 1. The van der Waals surface area contributed by atoms with Crippen LogP contribution in [0.1, 0.15) is 10.4 Å². The molecule has 1 rings (SSSR count). The second-order valence-electron chi connectivity index (χ2n) is 3.61. The van der Waals surface area contributed by atoms with Crippen molar-refractivity contribution in [3.05, 3.63) is 27.3 Å². The first-order chi connectivity index (χ1) is 8.81. The minimum atomic E-state index is -1.32. The number of aromatic hydroxyl groups is 1. The highest BCUT2D eigenvalue weighted by Gasteiger charge is 2.21. The van der Waals surface area contributed by atoms with Gasteiger partial charge in [-0.3, -0.25) is 14.4 Å². The Bertz CT molecular complexity index is 514. The van der Waals surface area contributed by atoms with E-state index in [1.54, 1.807) is 0 Å². The molecule has 7 nitrogen and oxygen atoms in total. The van der Waals surface area contributed by atoms with E-state index in [1.807, 2.05) is 22.6 Å². The van der Waals surface area contributed by atoms with Crippen LogP contribution < -0.4 is 0 Å². The number of aliphatic carboxylic acids is 2. The van der Waals surface area contributed by atoms with Crippen molar-refractivity contribution in [1.29, 1.82) is 0 Å². The molecule has 0 aromatic heterocycles. The SMILES string of the molecule is O=C(O)CN(CC(=O)O)C(=O)c1ccc(I)c(O)c1. The largest absolute Gasteiger partial charge is 0.507 e. The van der Waals surface area contributed by atoms with Gasteiger partial charge in [-0.25, -0.2) is 0 Å². The zero-order chi connectivity index (χ0) is 14.6. The predicted molar refractivity (Wildman–Crippen MR) is 72.0 cm³/mol. The molecule has 0 saturated heterocycles. The Hall–Kier alpha value is -1.84. The summed E-state index contributed by atoms with van der Waals surface area (Å²) in [5.74, 6) is -3.53. The number of amides is 1. The van der Waals surface area contributed by atoms with Crippen LogP contribution >= 0.6 is 22.6 Å². The van der Waals surface area contributed by atoms with Gasteiger partial charge in [0.15, 0.2) is 0 Å². The van der Waals surface area contributed by atoms with Gasteiger partial charge in [-0.1, -0.05) is 0 Å². The van der Waals surface area contributed by atoms with Gasteiger partial charge in [0.25, 0.3) is 5.91 Å².